The van der Waals surface area contributed by atoms with Crippen LogP contribution in [0.5, 0.6) is 0 Å². The minimum absolute atomic E-state index is 0.0753. The first kappa shape index (κ1) is 20.6. The number of imide groups is 1. The number of pyridine rings is 1. The highest BCUT2D eigenvalue weighted by atomic mass is 32.2. The molecule has 9 heteroatoms. The molecule has 1 atom stereocenters. The van der Waals surface area contributed by atoms with Crippen molar-refractivity contribution in [2.75, 3.05) is 18.1 Å². The fourth-order valence-electron chi connectivity index (χ4n) is 3.92. The smallest absolute Gasteiger partial charge is 0.241 e. The lowest BCUT2D eigenvalue weighted by Gasteiger charge is -2.31. The molecule has 0 radical (unpaired) electrons. The number of sulfonamides is 1. The Balaban J connectivity index is 1.58. The van der Waals surface area contributed by atoms with Gasteiger partial charge in [-0.3, -0.25) is 19.5 Å². The number of rotatable bonds is 6. The Morgan fingerprint density at radius 3 is 2.30 bits per heavy atom. The molecule has 30 heavy (non-hydrogen) atoms. The molecule has 0 bridgehead atoms. The van der Waals surface area contributed by atoms with Crippen molar-refractivity contribution in [2.24, 2.45) is 5.92 Å². The highest BCUT2D eigenvalue weighted by Gasteiger charge is 2.32. The second-order valence-corrected chi connectivity index (χ2v) is 9.17. The maximum atomic E-state index is 13.1. The van der Waals surface area contributed by atoms with Gasteiger partial charge in [-0.05, 0) is 54.7 Å². The van der Waals surface area contributed by atoms with Crippen molar-refractivity contribution in [1.29, 1.82) is 0 Å². The molecule has 0 saturated carbocycles. The first-order valence-corrected chi connectivity index (χ1v) is 11.4. The molecule has 2 amide bonds. The van der Waals surface area contributed by atoms with Gasteiger partial charge in [-0.25, -0.2) is 13.1 Å². The summed E-state index contributed by atoms with van der Waals surface area (Å²) in [5.74, 6) is -0.452. The van der Waals surface area contributed by atoms with E-state index in [2.05, 4.69) is 9.71 Å². The summed E-state index contributed by atoms with van der Waals surface area (Å²) >= 11 is 0. The monoisotopic (exact) mass is 429 g/mol. The lowest BCUT2D eigenvalue weighted by atomic mass is 9.88. The summed E-state index contributed by atoms with van der Waals surface area (Å²) in [4.78, 5) is 29.1. The topological polar surface area (TPSA) is 106 Å². The fraction of sp³-hybridized carbons (Fsp3) is 0.381. The number of aromatic nitrogens is 1. The summed E-state index contributed by atoms with van der Waals surface area (Å²) in [6.45, 7) is 1.19. The second kappa shape index (κ2) is 8.63. The highest BCUT2D eigenvalue weighted by Crippen LogP contribution is 2.32. The van der Waals surface area contributed by atoms with Crippen LogP contribution in [0, 0.1) is 5.92 Å². The molecule has 2 aliphatic rings. The van der Waals surface area contributed by atoms with E-state index in [9.17, 15) is 18.0 Å². The average Bonchev–Trinajstić information content (AvgIpc) is 3.11. The Morgan fingerprint density at radius 1 is 1.03 bits per heavy atom. The summed E-state index contributed by atoms with van der Waals surface area (Å²) in [6.07, 6.45) is 5.19. The number of amides is 2. The van der Waals surface area contributed by atoms with Crippen LogP contribution in [0.1, 0.15) is 37.3 Å². The molecule has 2 saturated heterocycles. The number of nitrogens with zero attached hydrogens (tertiary/aromatic N) is 2. The highest BCUT2D eigenvalue weighted by molar-refractivity contribution is 7.89. The van der Waals surface area contributed by atoms with Crippen LogP contribution in [0.15, 0.2) is 53.7 Å². The van der Waals surface area contributed by atoms with E-state index in [0.29, 0.717) is 18.9 Å². The van der Waals surface area contributed by atoms with Gasteiger partial charge in [-0.2, -0.15) is 0 Å². The number of hydrogen-bond donors (Lipinski definition) is 1. The molecule has 1 aromatic heterocycles. The van der Waals surface area contributed by atoms with E-state index in [1.54, 1.807) is 18.5 Å². The first-order chi connectivity index (χ1) is 14.5. The van der Waals surface area contributed by atoms with E-state index in [4.69, 9.17) is 4.74 Å². The zero-order chi connectivity index (χ0) is 21.1. The maximum absolute atomic E-state index is 13.1. The quantitative estimate of drug-likeness (QED) is 0.706. The van der Waals surface area contributed by atoms with Gasteiger partial charge in [-0.15, -0.1) is 0 Å². The predicted molar refractivity (Wildman–Crippen MR) is 109 cm³/mol. The summed E-state index contributed by atoms with van der Waals surface area (Å²) < 4.78 is 34.5. The molecule has 2 aromatic rings. The van der Waals surface area contributed by atoms with Crippen LogP contribution < -0.4 is 9.62 Å². The van der Waals surface area contributed by atoms with Crippen molar-refractivity contribution < 1.29 is 22.7 Å². The minimum Gasteiger partial charge on any atom is -0.381 e. The van der Waals surface area contributed by atoms with Crippen molar-refractivity contribution in [1.82, 2.24) is 9.71 Å². The van der Waals surface area contributed by atoms with Gasteiger partial charge in [-0.1, -0.05) is 6.07 Å². The Hall–Kier alpha value is -2.62. The molecule has 0 spiro atoms. The van der Waals surface area contributed by atoms with Crippen LogP contribution in [-0.2, 0) is 24.3 Å². The normalized spacial score (nSPS) is 19.3. The molecule has 1 N–H and O–H groups in total. The number of carbonyl (C=O) groups excluding carboxylic acids is 2. The van der Waals surface area contributed by atoms with E-state index in [-0.39, 0.29) is 35.5 Å². The molecule has 1 aromatic carbocycles. The lowest BCUT2D eigenvalue weighted by molar-refractivity contribution is -0.121. The van der Waals surface area contributed by atoms with Gasteiger partial charge in [0, 0.05) is 38.4 Å². The summed E-state index contributed by atoms with van der Waals surface area (Å²) in [7, 11) is -3.83. The van der Waals surface area contributed by atoms with E-state index < -0.39 is 16.1 Å². The van der Waals surface area contributed by atoms with Crippen LogP contribution in [0.25, 0.3) is 0 Å². The van der Waals surface area contributed by atoms with Gasteiger partial charge in [0.25, 0.3) is 0 Å². The van der Waals surface area contributed by atoms with Crippen molar-refractivity contribution in [2.45, 2.75) is 36.6 Å². The lowest BCUT2D eigenvalue weighted by Crippen LogP contribution is -2.36. The summed E-state index contributed by atoms with van der Waals surface area (Å²) in [5, 5.41) is 0. The van der Waals surface area contributed by atoms with Gasteiger partial charge < -0.3 is 4.74 Å². The number of benzene rings is 1. The number of anilines is 1. The standard InChI is InChI=1S/C21H23N3O5S/c25-19-7-8-20(26)24(19)17-3-5-18(6-4-17)30(27,28)23-21(15-9-12-29-13-10-15)16-2-1-11-22-14-16/h1-6,11,14-15,21,23H,7-10,12-13H2/t21-/m1/s1. The third-order valence-corrected chi connectivity index (χ3v) is 6.98. The number of carbonyl (C=O) groups is 2. The van der Waals surface area contributed by atoms with Gasteiger partial charge in [0.1, 0.15) is 0 Å². The number of nitrogens with one attached hydrogen (secondary N) is 1. The Kier molecular flexibility index (Phi) is 5.94. The Morgan fingerprint density at radius 2 is 1.70 bits per heavy atom. The van der Waals surface area contributed by atoms with Gasteiger partial charge >= 0.3 is 0 Å². The van der Waals surface area contributed by atoms with Crippen molar-refractivity contribution in [3.8, 4) is 0 Å². The Bertz CT molecular complexity index is 1000. The molecule has 2 fully saturated rings. The number of hydrogen-bond acceptors (Lipinski definition) is 6. The van der Waals surface area contributed by atoms with Gasteiger partial charge in [0.2, 0.25) is 21.8 Å². The summed E-state index contributed by atoms with van der Waals surface area (Å²) in [6, 6.07) is 9.04. The zero-order valence-corrected chi connectivity index (χ0v) is 17.2. The van der Waals surface area contributed by atoms with Crippen molar-refractivity contribution >= 4 is 27.5 Å². The second-order valence-electron chi connectivity index (χ2n) is 7.45. The maximum Gasteiger partial charge on any atom is 0.241 e. The molecular weight excluding hydrogens is 406 g/mol. The minimum atomic E-state index is -3.83. The van der Waals surface area contributed by atoms with Gasteiger partial charge in [0.15, 0.2) is 0 Å². The molecule has 0 aliphatic carbocycles. The van der Waals surface area contributed by atoms with Crippen molar-refractivity contribution in [3.63, 3.8) is 0 Å². The van der Waals surface area contributed by atoms with Crippen LogP contribution >= 0.6 is 0 Å². The molecule has 2 aliphatic heterocycles. The van der Waals surface area contributed by atoms with Crippen LogP contribution in [0.3, 0.4) is 0 Å². The number of ether oxygens (including phenoxy) is 1. The molecule has 8 nitrogen and oxygen atoms in total. The fourth-order valence-corrected chi connectivity index (χ4v) is 5.21. The first-order valence-electron chi connectivity index (χ1n) is 9.91. The van der Waals surface area contributed by atoms with E-state index in [0.717, 1.165) is 23.3 Å². The van der Waals surface area contributed by atoms with E-state index in [1.807, 2.05) is 6.07 Å². The predicted octanol–water partition coefficient (Wildman–Crippen LogP) is 2.18. The summed E-state index contributed by atoms with van der Waals surface area (Å²) in [5.41, 5.74) is 1.19. The largest absolute Gasteiger partial charge is 0.381 e. The van der Waals surface area contributed by atoms with Crippen LogP contribution in [0.2, 0.25) is 0 Å². The van der Waals surface area contributed by atoms with Gasteiger partial charge in [0.05, 0.1) is 16.6 Å². The zero-order valence-electron chi connectivity index (χ0n) is 16.4. The van der Waals surface area contributed by atoms with E-state index in [1.165, 1.54) is 24.3 Å². The average molecular weight is 429 g/mol. The van der Waals surface area contributed by atoms with E-state index >= 15 is 0 Å². The van der Waals surface area contributed by atoms with Crippen LogP contribution in [0.4, 0.5) is 5.69 Å². The molecular formula is C21H23N3O5S. The van der Waals surface area contributed by atoms with Crippen molar-refractivity contribution in [3.05, 3.63) is 54.4 Å². The molecule has 3 heterocycles. The molecule has 4 rings (SSSR count). The molecule has 158 valence electrons. The third-order valence-electron chi connectivity index (χ3n) is 5.52. The SMILES string of the molecule is O=C1CCC(=O)N1c1ccc(S(=O)(=O)N[C@@H](c2cccnc2)C2CCOCC2)cc1. The molecule has 0 unspecified atom stereocenters. The third kappa shape index (κ3) is 4.28. The Labute approximate surface area is 175 Å². The van der Waals surface area contributed by atoms with Crippen LogP contribution in [-0.4, -0.2) is 38.4 Å².